The number of alkyl halides is 2. The van der Waals surface area contributed by atoms with Crippen LogP contribution in [0.4, 0.5) is 13.2 Å². The monoisotopic (exact) mass is 387 g/mol. The molecular formula is C18H17ClF3NO3. The molecule has 0 heterocycles. The lowest BCUT2D eigenvalue weighted by Crippen LogP contribution is -2.27. The highest BCUT2D eigenvalue weighted by atomic mass is 35.5. The highest BCUT2D eigenvalue weighted by molar-refractivity contribution is 6.31. The van der Waals surface area contributed by atoms with E-state index in [9.17, 15) is 18.0 Å². The number of hydrogen-bond donors (Lipinski definition) is 1. The number of halogens is 4. The molecule has 0 aliphatic carbocycles. The second-order valence-corrected chi connectivity index (χ2v) is 5.75. The summed E-state index contributed by atoms with van der Waals surface area (Å²) in [6.45, 7) is -2.66. The number of benzene rings is 2. The number of nitrogens with one attached hydrogen (secondary N) is 1. The molecule has 0 saturated heterocycles. The van der Waals surface area contributed by atoms with Crippen LogP contribution in [0.15, 0.2) is 36.4 Å². The molecular weight excluding hydrogens is 371 g/mol. The summed E-state index contributed by atoms with van der Waals surface area (Å²) in [5.74, 6) is -0.801. The van der Waals surface area contributed by atoms with Crippen LogP contribution in [-0.4, -0.2) is 26.2 Å². The van der Waals surface area contributed by atoms with Gasteiger partial charge >= 0.3 is 6.61 Å². The Morgan fingerprint density at radius 3 is 2.65 bits per heavy atom. The largest absolute Gasteiger partial charge is 0.493 e. The number of ether oxygens (including phenoxy) is 2. The van der Waals surface area contributed by atoms with Gasteiger partial charge in [0.15, 0.2) is 11.5 Å². The Morgan fingerprint density at radius 2 is 2.00 bits per heavy atom. The fourth-order valence-electron chi connectivity index (χ4n) is 2.33. The average molecular weight is 388 g/mol. The molecule has 2 aromatic rings. The van der Waals surface area contributed by atoms with Crippen molar-refractivity contribution in [1.29, 1.82) is 0 Å². The first-order valence-corrected chi connectivity index (χ1v) is 8.09. The molecule has 8 heteroatoms. The Bertz CT molecular complexity index is 751. The maximum atomic E-state index is 13.7. The maximum Gasteiger partial charge on any atom is 0.387 e. The van der Waals surface area contributed by atoms with Crippen molar-refractivity contribution in [2.45, 2.75) is 19.5 Å². The lowest BCUT2D eigenvalue weighted by Gasteiger charge is -2.12. The summed E-state index contributed by atoms with van der Waals surface area (Å²) >= 11 is 5.89. The van der Waals surface area contributed by atoms with Gasteiger partial charge in [0.25, 0.3) is 0 Å². The number of rotatable bonds is 8. The van der Waals surface area contributed by atoms with Gasteiger partial charge in [0.2, 0.25) is 5.91 Å². The van der Waals surface area contributed by atoms with Crippen LogP contribution in [0.25, 0.3) is 0 Å². The van der Waals surface area contributed by atoms with E-state index in [1.807, 2.05) is 0 Å². The van der Waals surface area contributed by atoms with Crippen LogP contribution in [0.2, 0.25) is 5.02 Å². The van der Waals surface area contributed by atoms with E-state index in [0.29, 0.717) is 6.42 Å². The standard InChI is InChI=1S/C18H17ClF3NO3/c1-25-16-9-11(5-6-15(16)26-18(21)22)7-8-23-17(24)10-12-13(19)3-2-4-14(12)20/h2-6,9,18H,7-8,10H2,1H3,(H,23,24). The number of hydrogen-bond acceptors (Lipinski definition) is 3. The Hall–Kier alpha value is -2.41. The first kappa shape index (κ1) is 19.9. The van der Waals surface area contributed by atoms with Crippen LogP contribution in [0, 0.1) is 5.82 Å². The summed E-state index contributed by atoms with van der Waals surface area (Å²) in [6.07, 6.45) is 0.262. The molecule has 0 saturated carbocycles. The van der Waals surface area contributed by atoms with E-state index in [4.69, 9.17) is 16.3 Å². The van der Waals surface area contributed by atoms with E-state index in [-0.39, 0.29) is 41.0 Å². The summed E-state index contributed by atoms with van der Waals surface area (Å²) < 4.78 is 47.6. The molecule has 0 aromatic heterocycles. The smallest absolute Gasteiger partial charge is 0.387 e. The molecule has 140 valence electrons. The van der Waals surface area contributed by atoms with E-state index in [2.05, 4.69) is 10.1 Å². The minimum atomic E-state index is -2.95. The van der Waals surface area contributed by atoms with Gasteiger partial charge in [0.05, 0.1) is 13.5 Å². The molecule has 0 aliphatic rings. The third-order valence-electron chi connectivity index (χ3n) is 3.58. The first-order valence-electron chi connectivity index (χ1n) is 7.72. The van der Waals surface area contributed by atoms with E-state index >= 15 is 0 Å². The van der Waals surface area contributed by atoms with Crippen LogP contribution < -0.4 is 14.8 Å². The topological polar surface area (TPSA) is 47.6 Å². The summed E-state index contributed by atoms with van der Waals surface area (Å²) in [5, 5.41) is 2.86. The molecule has 26 heavy (non-hydrogen) atoms. The predicted octanol–water partition coefficient (Wildman–Crippen LogP) is 3.99. The highest BCUT2D eigenvalue weighted by Gasteiger charge is 2.13. The molecule has 0 radical (unpaired) electrons. The van der Waals surface area contributed by atoms with Gasteiger partial charge in [-0.1, -0.05) is 23.7 Å². The molecule has 2 aromatic carbocycles. The Morgan fingerprint density at radius 1 is 1.23 bits per heavy atom. The zero-order valence-corrected chi connectivity index (χ0v) is 14.7. The highest BCUT2D eigenvalue weighted by Crippen LogP contribution is 2.29. The molecule has 1 N–H and O–H groups in total. The van der Waals surface area contributed by atoms with Crippen molar-refractivity contribution in [3.05, 3.63) is 58.4 Å². The number of amides is 1. The normalized spacial score (nSPS) is 10.7. The molecule has 0 atom stereocenters. The summed E-state index contributed by atoms with van der Waals surface area (Å²) in [7, 11) is 1.34. The third-order valence-corrected chi connectivity index (χ3v) is 3.93. The van der Waals surface area contributed by atoms with Gasteiger partial charge in [0, 0.05) is 17.1 Å². The molecule has 0 bridgehead atoms. The van der Waals surface area contributed by atoms with Gasteiger partial charge in [-0.3, -0.25) is 4.79 Å². The lowest BCUT2D eigenvalue weighted by molar-refractivity contribution is -0.120. The molecule has 4 nitrogen and oxygen atoms in total. The summed E-state index contributed by atoms with van der Waals surface area (Å²) in [5.41, 5.74) is 0.898. The lowest BCUT2D eigenvalue weighted by atomic mass is 10.1. The van der Waals surface area contributed by atoms with E-state index in [0.717, 1.165) is 5.56 Å². The second-order valence-electron chi connectivity index (χ2n) is 5.34. The maximum absolute atomic E-state index is 13.7. The predicted molar refractivity (Wildman–Crippen MR) is 91.5 cm³/mol. The van der Waals surface area contributed by atoms with Gasteiger partial charge in [-0.2, -0.15) is 8.78 Å². The number of carbonyl (C=O) groups excluding carboxylic acids is 1. The average Bonchev–Trinajstić information content (AvgIpc) is 2.59. The fraction of sp³-hybridized carbons (Fsp3) is 0.278. The molecule has 0 aliphatic heterocycles. The van der Waals surface area contributed by atoms with Crippen molar-refractivity contribution in [1.82, 2.24) is 5.32 Å². The molecule has 0 spiro atoms. The minimum Gasteiger partial charge on any atom is -0.493 e. The van der Waals surface area contributed by atoms with Gasteiger partial charge in [-0.15, -0.1) is 0 Å². The zero-order valence-electron chi connectivity index (χ0n) is 13.9. The van der Waals surface area contributed by atoms with Crippen LogP contribution in [0.3, 0.4) is 0 Å². The van der Waals surface area contributed by atoms with E-state index in [1.165, 1.54) is 31.4 Å². The Kier molecular flexibility index (Phi) is 7.15. The second kappa shape index (κ2) is 9.33. The molecule has 1 amide bonds. The molecule has 2 rings (SSSR count). The van der Waals surface area contributed by atoms with Gasteiger partial charge in [-0.05, 0) is 36.2 Å². The van der Waals surface area contributed by atoms with Crippen molar-refractivity contribution < 1.29 is 27.4 Å². The Balaban J connectivity index is 1.90. The van der Waals surface area contributed by atoms with Crippen molar-refractivity contribution in [3.8, 4) is 11.5 Å². The molecule has 0 fully saturated rings. The third kappa shape index (κ3) is 5.56. The van der Waals surface area contributed by atoms with Crippen molar-refractivity contribution >= 4 is 17.5 Å². The van der Waals surface area contributed by atoms with Gasteiger partial charge in [0.1, 0.15) is 5.82 Å². The zero-order chi connectivity index (χ0) is 19.1. The van der Waals surface area contributed by atoms with Gasteiger partial charge in [-0.25, -0.2) is 4.39 Å². The molecule has 0 unspecified atom stereocenters. The van der Waals surface area contributed by atoms with Crippen LogP contribution in [0.5, 0.6) is 11.5 Å². The van der Waals surface area contributed by atoms with Gasteiger partial charge < -0.3 is 14.8 Å². The van der Waals surface area contributed by atoms with Crippen molar-refractivity contribution in [3.63, 3.8) is 0 Å². The van der Waals surface area contributed by atoms with E-state index in [1.54, 1.807) is 12.1 Å². The Labute approximate surface area is 153 Å². The van der Waals surface area contributed by atoms with Crippen molar-refractivity contribution in [2.24, 2.45) is 0 Å². The van der Waals surface area contributed by atoms with Crippen LogP contribution in [-0.2, 0) is 17.6 Å². The number of carbonyl (C=O) groups is 1. The number of methoxy groups -OCH3 is 1. The van der Waals surface area contributed by atoms with Crippen molar-refractivity contribution in [2.75, 3.05) is 13.7 Å². The minimum absolute atomic E-state index is 0.0653. The first-order chi connectivity index (χ1) is 12.4. The van der Waals surface area contributed by atoms with Crippen LogP contribution in [0.1, 0.15) is 11.1 Å². The van der Waals surface area contributed by atoms with E-state index < -0.39 is 12.4 Å². The summed E-state index contributed by atoms with van der Waals surface area (Å²) in [4.78, 5) is 11.9. The quantitative estimate of drug-likeness (QED) is 0.745. The SMILES string of the molecule is COc1cc(CCNC(=O)Cc2c(F)cccc2Cl)ccc1OC(F)F. The fourth-order valence-corrected chi connectivity index (χ4v) is 2.56. The summed E-state index contributed by atoms with van der Waals surface area (Å²) in [6, 6.07) is 8.75. The van der Waals surface area contributed by atoms with Crippen LogP contribution >= 0.6 is 11.6 Å².